The first kappa shape index (κ1) is 32.6. The molecule has 6 nitrogen and oxygen atoms in total. The van der Waals surface area contributed by atoms with E-state index in [1.54, 1.807) is 12.1 Å². The Labute approximate surface area is 271 Å². The van der Waals surface area contributed by atoms with Gasteiger partial charge in [-0.3, -0.25) is 0 Å². The lowest BCUT2D eigenvalue weighted by Gasteiger charge is -2.68. The molecule has 4 saturated carbocycles. The van der Waals surface area contributed by atoms with Gasteiger partial charge in [0.15, 0.2) is 0 Å². The zero-order valence-electron chi connectivity index (χ0n) is 28.9. The number of alkyl carbamates (subject to hydrolysis) is 1. The Morgan fingerprint density at radius 2 is 1.60 bits per heavy atom. The summed E-state index contributed by atoms with van der Waals surface area (Å²) in [6.07, 6.45) is 15.1. The summed E-state index contributed by atoms with van der Waals surface area (Å²) in [4.78, 5) is 23.7. The Kier molecular flexibility index (Phi) is 8.27. The van der Waals surface area contributed by atoms with E-state index in [4.69, 9.17) is 4.74 Å². The van der Waals surface area contributed by atoms with Crippen LogP contribution in [0.3, 0.4) is 0 Å². The summed E-state index contributed by atoms with van der Waals surface area (Å²) in [6, 6.07) is 7.57. The van der Waals surface area contributed by atoms with Crippen molar-refractivity contribution >= 4 is 17.6 Å². The number of ether oxygens (including phenoxy) is 1. The molecule has 0 spiro atoms. The van der Waals surface area contributed by atoms with Gasteiger partial charge in [0.25, 0.3) is 0 Å². The Morgan fingerprint density at radius 3 is 2.29 bits per heavy atom. The zero-order chi connectivity index (χ0) is 32.4. The van der Waals surface area contributed by atoms with E-state index in [-0.39, 0.29) is 22.5 Å². The average Bonchev–Trinajstić information content (AvgIpc) is 3.39. The highest BCUT2D eigenvalue weighted by Gasteiger charge is 2.65. The molecule has 7 unspecified atom stereocenters. The maximum Gasteiger partial charge on any atom is 0.407 e. The normalized spacial score (nSPS) is 38.6. The number of nitrogens with one attached hydrogen (secondary N) is 2. The lowest BCUT2D eigenvalue weighted by atomic mass is 9.37. The number of hydrogen-bond donors (Lipinski definition) is 3. The number of carboxylic acids is 1. The summed E-state index contributed by atoms with van der Waals surface area (Å²) in [6.45, 7) is 17.3. The van der Waals surface area contributed by atoms with Crippen molar-refractivity contribution in [1.29, 1.82) is 0 Å². The van der Waals surface area contributed by atoms with Crippen molar-refractivity contribution in [2.45, 2.75) is 124 Å². The van der Waals surface area contributed by atoms with E-state index >= 15 is 0 Å². The summed E-state index contributed by atoms with van der Waals surface area (Å²) in [5.41, 5.74) is 3.39. The molecule has 5 aliphatic rings. The van der Waals surface area contributed by atoms with Crippen LogP contribution in [0.1, 0.15) is 129 Å². The molecule has 0 bridgehead atoms. The van der Waals surface area contributed by atoms with Crippen LogP contribution < -0.4 is 10.6 Å². The molecule has 0 radical (unpaired) electrons. The molecule has 6 rings (SSSR count). The Morgan fingerprint density at radius 1 is 0.867 bits per heavy atom. The van der Waals surface area contributed by atoms with Crippen LogP contribution in [0.2, 0.25) is 0 Å². The highest BCUT2D eigenvalue weighted by atomic mass is 16.6. The highest BCUT2D eigenvalue weighted by molar-refractivity contribution is 5.88. The number of hydrogen-bond acceptors (Lipinski definition) is 4. The second kappa shape index (κ2) is 11.4. The predicted molar refractivity (Wildman–Crippen MR) is 180 cm³/mol. The van der Waals surface area contributed by atoms with Gasteiger partial charge in [0.1, 0.15) is 5.60 Å². The molecule has 3 N–H and O–H groups in total. The van der Waals surface area contributed by atoms with Crippen molar-refractivity contribution in [3.8, 4) is 0 Å². The standard InChI is InChI=1S/C39H58N2O4/c1-35(2,3)45-34(44)40-23-24-41-39-19-8-9-30(39)27-14-15-32-37(6,29(27)17-22-39)21-18-31-36(4,5)28(16-20-38(31,32)7)25-10-12-26(13-11-25)33(42)43/h10-13,16,27,29-32,41H,8-9,14-15,17-24H2,1-7H3,(H,40,44)(H,42,43)/t27-,29?,30?,31?,32?,37?,38?,39?/m0/s1. The third-order valence-corrected chi connectivity index (χ3v) is 13.8. The molecule has 4 fully saturated rings. The number of rotatable bonds is 6. The summed E-state index contributed by atoms with van der Waals surface area (Å²) < 4.78 is 5.44. The number of carbonyl (C=O) groups is 2. The van der Waals surface area contributed by atoms with Crippen LogP contribution in [0.25, 0.3) is 5.57 Å². The SMILES string of the molecule is CC(C)(C)OC(=O)NCCNC12CCCC1[C@H]1CCC3C(C)(CCC4C(C)(C)C(c5ccc(C(=O)O)cc5)=CCC43C)C1CC2. The van der Waals surface area contributed by atoms with E-state index in [0.717, 1.165) is 36.6 Å². The van der Waals surface area contributed by atoms with E-state index < -0.39 is 11.6 Å². The largest absolute Gasteiger partial charge is 0.478 e. The van der Waals surface area contributed by atoms with Crippen LogP contribution in [0.15, 0.2) is 30.3 Å². The van der Waals surface area contributed by atoms with E-state index in [2.05, 4.69) is 44.4 Å². The van der Waals surface area contributed by atoms with Crippen molar-refractivity contribution in [3.05, 3.63) is 41.5 Å². The molecule has 0 saturated heterocycles. The third-order valence-electron chi connectivity index (χ3n) is 13.8. The van der Waals surface area contributed by atoms with Gasteiger partial charge in [0.05, 0.1) is 5.56 Å². The van der Waals surface area contributed by atoms with Gasteiger partial charge in [-0.2, -0.15) is 0 Å². The van der Waals surface area contributed by atoms with Crippen LogP contribution >= 0.6 is 0 Å². The van der Waals surface area contributed by atoms with Crippen molar-refractivity contribution in [3.63, 3.8) is 0 Å². The number of aromatic carboxylic acids is 1. The minimum Gasteiger partial charge on any atom is -0.478 e. The number of carboxylic acid groups (broad SMARTS) is 1. The molecule has 0 aromatic heterocycles. The molecule has 45 heavy (non-hydrogen) atoms. The van der Waals surface area contributed by atoms with E-state index in [1.165, 1.54) is 68.9 Å². The van der Waals surface area contributed by atoms with Gasteiger partial charge in [0.2, 0.25) is 0 Å². The first-order chi connectivity index (χ1) is 21.1. The van der Waals surface area contributed by atoms with Crippen LogP contribution in [-0.2, 0) is 4.74 Å². The quantitative estimate of drug-likeness (QED) is 0.278. The summed E-state index contributed by atoms with van der Waals surface area (Å²) in [7, 11) is 0. The van der Waals surface area contributed by atoms with Crippen molar-refractivity contribution in [2.75, 3.05) is 13.1 Å². The van der Waals surface area contributed by atoms with Gasteiger partial charge in [-0.05, 0) is 148 Å². The third kappa shape index (κ3) is 5.55. The second-order valence-electron chi connectivity index (χ2n) is 17.5. The number of amides is 1. The van der Waals surface area contributed by atoms with Crippen molar-refractivity contribution < 1.29 is 19.4 Å². The molecule has 5 aliphatic carbocycles. The van der Waals surface area contributed by atoms with Crippen LogP contribution in [0.5, 0.6) is 0 Å². The first-order valence-electron chi connectivity index (χ1n) is 17.9. The number of benzene rings is 1. The monoisotopic (exact) mass is 618 g/mol. The Bertz CT molecular complexity index is 1330. The molecule has 1 aromatic rings. The topological polar surface area (TPSA) is 87.7 Å². The molecule has 1 aromatic carbocycles. The van der Waals surface area contributed by atoms with Crippen LogP contribution in [0.4, 0.5) is 4.79 Å². The fraction of sp³-hybridized carbons (Fsp3) is 0.744. The first-order valence-corrected chi connectivity index (χ1v) is 17.9. The van der Waals surface area contributed by atoms with Crippen molar-refractivity contribution in [1.82, 2.24) is 10.6 Å². The number of fused-ring (bicyclic) bond motifs is 7. The maximum atomic E-state index is 12.2. The highest BCUT2D eigenvalue weighted by Crippen LogP contribution is 2.72. The summed E-state index contributed by atoms with van der Waals surface area (Å²) in [5.74, 6) is 2.82. The molecule has 6 heteroatoms. The smallest absolute Gasteiger partial charge is 0.407 e. The average molecular weight is 619 g/mol. The molecule has 0 aliphatic heterocycles. The number of carbonyl (C=O) groups excluding carboxylic acids is 1. The van der Waals surface area contributed by atoms with E-state index in [9.17, 15) is 14.7 Å². The molecule has 1 amide bonds. The van der Waals surface area contributed by atoms with Gasteiger partial charge in [-0.25, -0.2) is 9.59 Å². The summed E-state index contributed by atoms with van der Waals surface area (Å²) in [5, 5.41) is 16.4. The van der Waals surface area contributed by atoms with E-state index in [1.807, 2.05) is 32.9 Å². The molecule has 248 valence electrons. The maximum absolute atomic E-state index is 12.2. The second-order valence-corrected chi connectivity index (χ2v) is 17.5. The minimum absolute atomic E-state index is 0.0420. The van der Waals surface area contributed by atoms with Gasteiger partial charge in [-0.1, -0.05) is 52.3 Å². The lowest BCUT2D eigenvalue weighted by molar-refractivity contribution is -0.172. The zero-order valence-corrected chi connectivity index (χ0v) is 28.9. The Hall–Kier alpha value is -2.34. The molecular weight excluding hydrogens is 560 g/mol. The molecule has 8 atom stereocenters. The molecule has 0 heterocycles. The van der Waals surface area contributed by atoms with Crippen molar-refractivity contribution in [2.24, 2.45) is 45.8 Å². The van der Waals surface area contributed by atoms with Gasteiger partial charge in [0, 0.05) is 18.6 Å². The van der Waals surface area contributed by atoms with Crippen LogP contribution in [-0.4, -0.2) is 41.4 Å². The van der Waals surface area contributed by atoms with Crippen LogP contribution in [0, 0.1) is 45.8 Å². The van der Waals surface area contributed by atoms with Gasteiger partial charge < -0.3 is 20.5 Å². The fourth-order valence-corrected chi connectivity index (χ4v) is 12.2. The lowest BCUT2D eigenvalue weighted by Crippen LogP contribution is -2.63. The van der Waals surface area contributed by atoms with Gasteiger partial charge in [-0.15, -0.1) is 0 Å². The Balaban J connectivity index is 1.17. The molecular formula is C39H58N2O4. The fourth-order valence-electron chi connectivity index (χ4n) is 12.2. The summed E-state index contributed by atoms with van der Waals surface area (Å²) >= 11 is 0. The van der Waals surface area contributed by atoms with Gasteiger partial charge >= 0.3 is 12.1 Å². The minimum atomic E-state index is -0.864. The number of allylic oxidation sites excluding steroid dienone is 2. The predicted octanol–water partition coefficient (Wildman–Crippen LogP) is 8.71. The van der Waals surface area contributed by atoms with E-state index in [0.29, 0.717) is 23.4 Å².